The molecule has 0 aliphatic carbocycles. The van der Waals surface area contributed by atoms with E-state index in [9.17, 15) is 0 Å². The van der Waals surface area contributed by atoms with Crippen molar-refractivity contribution in [2.24, 2.45) is 0 Å². The zero-order chi connectivity index (χ0) is 56.6. The minimum Gasteiger partial charge on any atom is -0.455 e. The highest BCUT2D eigenvalue weighted by atomic mass is 16.5. The molecule has 7 nitrogen and oxygen atoms in total. The van der Waals surface area contributed by atoms with Crippen LogP contribution in [-0.4, -0.2) is 29.9 Å². The average Bonchev–Trinajstić information content (AvgIpc) is 4.26. The van der Waals surface area contributed by atoms with Gasteiger partial charge in [0.25, 0.3) is 0 Å². The van der Waals surface area contributed by atoms with Gasteiger partial charge in [-0.15, -0.1) is 0 Å². The first-order chi connectivity index (χ1) is 37.8. The Labute approximate surface area is 472 Å². The van der Waals surface area contributed by atoms with Gasteiger partial charge in [0.2, 0.25) is 0 Å². The van der Waals surface area contributed by atoms with Crippen molar-refractivity contribution in [1.82, 2.24) is 29.9 Å². The van der Waals surface area contributed by atoms with E-state index in [1.54, 1.807) is 6.33 Å². The number of ether oxygens (including phenoxy) is 1. The first-order valence-electron chi connectivity index (χ1n) is 28.3. The Morgan fingerprint density at radius 2 is 0.750 bits per heavy atom. The molecule has 0 unspecified atom stereocenters. The second-order valence-electron chi connectivity index (χ2n) is 25.8. The quantitative estimate of drug-likeness (QED) is 0.160. The molecule has 7 heteroatoms. The molecule has 3 aliphatic rings. The van der Waals surface area contributed by atoms with Gasteiger partial charge in [-0.3, -0.25) is 0 Å². The van der Waals surface area contributed by atoms with E-state index >= 15 is 0 Å². The molecule has 4 aromatic heterocycles. The molecule has 0 saturated heterocycles. The van der Waals surface area contributed by atoms with Crippen molar-refractivity contribution in [3.05, 3.63) is 193 Å². The summed E-state index contributed by atoms with van der Waals surface area (Å²) in [5.74, 6) is 1.64. The van der Waals surface area contributed by atoms with Crippen molar-refractivity contribution >= 4 is 46.4 Å². The van der Waals surface area contributed by atoms with Gasteiger partial charge in [0, 0.05) is 72.0 Å². The summed E-state index contributed by atoms with van der Waals surface area (Å²) in [5.41, 5.74) is 32.6. The molecule has 0 spiro atoms. The van der Waals surface area contributed by atoms with Crippen LogP contribution in [0.2, 0.25) is 0 Å². The van der Waals surface area contributed by atoms with E-state index < -0.39 is 5.41 Å². The molecule has 0 amide bonds. The predicted molar refractivity (Wildman–Crippen MR) is 337 cm³/mol. The molecule has 9 aromatic rings. The average molecular weight is 1050 g/mol. The lowest BCUT2D eigenvalue weighted by atomic mass is 9.70. The standard InChI is InChI=1S/C73H74N6O/c1-38-26-41(4)62(42(5)27-38)66-55-20-18-53(76-55)65(50-33-48(72(13,14)15)35-52-70(50)80-69-49(61-36-74-37-75-61)32-47(71(10,11)12)34-51(69)73(52,16)17)54-19-21-56(77-54)67(63-43(6)28-39(2)29-44(63)7)58-23-25-60(79-58)68(59-24-22-57(66)78-59)64-45(8)30-40(3)31-46(64)9/h18-37,76,79H,1-17H3,(H,74,75). The number of hydrogen-bond donors (Lipinski definition) is 3. The number of rotatable bonds is 5. The summed E-state index contributed by atoms with van der Waals surface area (Å²) in [5, 5.41) is 0. The van der Waals surface area contributed by atoms with Crippen molar-refractivity contribution in [2.45, 2.75) is 134 Å². The lowest BCUT2D eigenvalue weighted by Crippen LogP contribution is -2.27. The number of aryl methyl sites for hydroxylation is 9. The molecule has 0 atom stereocenters. The molecule has 80 heavy (non-hydrogen) atoms. The number of benzene rings is 5. The summed E-state index contributed by atoms with van der Waals surface area (Å²) in [6.45, 7) is 38.4. The van der Waals surface area contributed by atoms with E-state index in [1.165, 1.54) is 66.8 Å². The normalized spacial score (nSPS) is 13.7. The third-order valence-corrected chi connectivity index (χ3v) is 17.1. The van der Waals surface area contributed by atoms with Crippen molar-refractivity contribution < 1.29 is 4.74 Å². The molecule has 0 fully saturated rings. The molecule has 3 aliphatic heterocycles. The van der Waals surface area contributed by atoms with E-state index in [2.05, 4.69) is 247 Å². The van der Waals surface area contributed by atoms with Crippen LogP contribution in [0.25, 0.3) is 102 Å². The zero-order valence-electron chi connectivity index (χ0n) is 49.8. The fourth-order valence-electron chi connectivity index (χ4n) is 13.3. The summed E-state index contributed by atoms with van der Waals surface area (Å²) in [7, 11) is 0. The van der Waals surface area contributed by atoms with Gasteiger partial charge in [-0.1, -0.05) is 121 Å². The number of aromatic nitrogens is 6. The smallest absolute Gasteiger partial charge is 0.140 e. The molecule has 0 saturated carbocycles. The van der Waals surface area contributed by atoms with Gasteiger partial charge in [-0.05, 0) is 195 Å². The van der Waals surface area contributed by atoms with Crippen molar-refractivity contribution in [3.8, 4) is 67.3 Å². The van der Waals surface area contributed by atoms with Gasteiger partial charge in [0.15, 0.2) is 0 Å². The number of aromatic amines is 3. The van der Waals surface area contributed by atoms with Crippen molar-refractivity contribution in [2.75, 3.05) is 0 Å². The molecular weight excluding hydrogens is 977 g/mol. The van der Waals surface area contributed by atoms with E-state index in [0.717, 1.165) is 118 Å². The number of nitrogens with one attached hydrogen (secondary N) is 3. The Bertz CT molecular complexity index is 4220. The molecule has 3 N–H and O–H groups in total. The van der Waals surface area contributed by atoms with Gasteiger partial charge >= 0.3 is 0 Å². The SMILES string of the molecule is Cc1cc(C)c(-c2c3nc(c(-c4c(C)cc(C)cc4C)c4ccc([nH]4)c(-c4c(C)cc(C)cc4C)c4nc(c(-c5cc(C(C)(C)C)cc6c5Oc5c(-c7cnc[nH]7)cc(C(C)(C)C)cc5C6(C)C)c5ccc2[nH]5)C=C4)C=C3)c(C)c1. The topological polar surface area (TPSA) is 95.3 Å². The van der Waals surface area contributed by atoms with Crippen molar-refractivity contribution in [1.29, 1.82) is 0 Å². The van der Waals surface area contributed by atoms with Gasteiger partial charge < -0.3 is 19.7 Å². The largest absolute Gasteiger partial charge is 0.455 e. The molecule has 12 rings (SSSR count). The summed E-state index contributed by atoms with van der Waals surface area (Å²) in [4.78, 5) is 27.8. The number of nitrogens with zero attached hydrogens (tertiary/aromatic N) is 3. The Morgan fingerprint density at radius 3 is 1.10 bits per heavy atom. The maximum Gasteiger partial charge on any atom is 0.140 e. The summed E-state index contributed by atoms with van der Waals surface area (Å²) < 4.78 is 7.66. The van der Waals surface area contributed by atoms with Crippen LogP contribution in [0, 0.1) is 62.3 Å². The molecule has 402 valence electrons. The Hall–Kier alpha value is -8.29. The van der Waals surface area contributed by atoms with Crippen molar-refractivity contribution in [3.63, 3.8) is 0 Å². The van der Waals surface area contributed by atoms with E-state index in [0.29, 0.717) is 0 Å². The Balaban J connectivity index is 1.28. The summed E-state index contributed by atoms with van der Waals surface area (Å²) in [6, 6.07) is 32.2. The highest BCUT2D eigenvalue weighted by Crippen LogP contribution is 2.57. The molecular formula is C73H74N6O. The van der Waals surface area contributed by atoms with Crippen LogP contribution in [0.15, 0.2) is 97.5 Å². The van der Waals surface area contributed by atoms with Gasteiger partial charge in [-0.25, -0.2) is 15.0 Å². The van der Waals surface area contributed by atoms with Gasteiger partial charge in [0.1, 0.15) is 11.5 Å². The highest BCUT2D eigenvalue weighted by Gasteiger charge is 2.40. The third kappa shape index (κ3) is 8.68. The van der Waals surface area contributed by atoms with Crippen LogP contribution in [0.1, 0.15) is 150 Å². The molecule has 0 radical (unpaired) electrons. The minimum atomic E-state index is -0.486. The molecule has 8 bridgehead atoms. The summed E-state index contributed by atoms with van der Waals surface area (Å²) in [6.07, 6.45) is 12.5. The fourth-order valence-corrected chi connectivity index (χ4v) is 13.3. The zero-order valence-corrected chi connectivity index (χ0v) is 49.8. The Morgan fingerprint density at radius 1 is 0.412 bits per heavy atom. The lowest BCUT2D eigenvalue weighted by Gasteiger charge is -2.39. The Kier molecular flexibility index (Phi) is 12.2. The third-order valence-electron chi connectivity index (χ3n) is 17.1. The van der Waals surface area contributed by atoms with Crippen LogP contribution in [-0.2, 0) is 16.2 Å². The lowest BCUT2D eigenvalue weighted by molar-refractivity contribution is 0.418. The van der Waals surface area contributed by atoms with Crippen LogP contribution in [0.3, 0.4) is 0 Å². The molecule has 5 aromatic carbocycles. The highest BCUT2D eigenvalue weighted by molar-refractivity contribution is 6.02. The predicted octanol–water partition coefficient (Wildman–Crippen LogP) is 19.5. The van der Waals surface area contributed by atoms with Crippen LogP contribution < -0.4 is 4.74 Å². The summed E-state index contributed by atoms with van der Waals surface area (Å²) >= 11 is 0. The van der Waals surface area contributed by atoms with E-state index in [1.807, 2.05) is 6.20 Å². The van der Waals surface area contributed by atoms with E-state index in [-0.39, 0.29) is 10.8 Å². The maximum absolute atomic E-state index is 7.66. The number of fused-ring (bicyclic) bond motifs is 10. The van der Waals surface area contributed by atoms with Crippen LogP contribution in [0.5, 0.6) is 11.5 Å². The monoisotopic (exact) mass is 1050 g/mol. The van der Waals surface area contributed by atoms with Gasteiger partial charge in [-0.2, -0.15) is 0 Å². The second kappa shape index (κ2) is 18.7. The second-order valence-corrected chi connectivity index (χ2v) is 25.8. The number of hydrogen-bond acceptors (Lipinski definition) is 4. The first-order valence-corrected chi connectivity index (χ1v) is 28.3. The van der Waals surface area contributed by atoms with Gasteiger partial charge in [0.05, 0.1) is 41.0 Å². The fraction of sp³-hybridized carbons (Fsp3) is 0.274. The van der Waals surface area contributed by atoms with E-state index in [4.69, 9.17) is 14.7 Å². The minimum absolute atomic E-state index is 0.122. The number of imidazole rings is 1. The molecule has 7 heterocycles. The first kappa shape index (κ1) is 52.4. The van der Waals surface area contributed by atoms with Crippen LogP contribution >= 0.6 is 0 Å². The maximum atomic E-state index is 7.66. The van der Waals surface area contributed by atoms with Crippen LogP contribution in [0.4, 0.5) is 0 Å². The number of H-pyrrole nitrogens is 3.